The molecule has 1 aliphatic carbocycles. The number of carbonyl (C=O) groups is 2. The van der Waals surface area contributed by atoms with E-state index < -0.39 is 123 Å². The van der Waals surface area contributed by atoms with E-state index in [2.05, 4.69) is 26.0 Å². The third kappa shape index (κ3) is 10.6. The summed E-state index contributed by atoms with van der Waals surface area (Å²) in [6.45, 7) is -0.698. The van der Waals surface area contributed by atoms with Crippen LogP contribution in [-0.2, 0) is 46.4 Å². The van der Waals surface area contributed by atoms with Crippen molar-refractivity contribution >= 4 is 12.2 Å². The maximum Gasteiger partial charge on any atom is 0.407 e. The van der Waals surface area contributed by atoms with Gasteiger partial charge in [0.05, 0.1) is 55.1 Å². The molecule has 22 heteroatoms. The number of benzene rings is 2. The molecule has 1 saturated carbocycles. The number of azide groups is 1. The highest BCUT2D eigenvalue weighted by atomic mass is 16.8. The molecular weight excluding hydrogens is 780 g/mol. The molecule has 4 aliphatic rings. The Kier molecular flexibility index (Phi) is 15.3. The number of nitrogens with two attached hydrogens (primary N) is 2. The first-order valence-electron chi connectivity index (χ1n) is 19.2. The first-order chi connectivity index (χ1) is 28.4. The van der Waals surface area contributed by atoms with Gasteiger partial charge < -0.3 is 86.1 Å². The number of aliphatic hydroxyl groups excluding tert-OH is 5. The van der Waals surface area contributed by atoms with Crippen molar-refractivity contribution in [3.05, 3.63) is 82.2 Å². The molecule has 2 aromatic carbocycles. The van der Waals surface area contributed by atoms with Gasteiger partial charge in [-0.15, -0.1) is 0 Å². The number of hydrogen-bond donors (Lipinski definition) is 10. The summed E-state index contributed by atoms with van der Waals surface area (Å²) in [6, 6.07) is 11.2. The maximum atomic E-state index is 13.2. The molecule has 17 atom stereocenters. The lowest BCUT2D eigenvalue weighted by molar-refractivity contribution is -0.372. The van der Waals surface area contributed by atoms with Gasteiger partial charge in [0, 0.05) is 17.4 Å². The molecule has 12 N–H and O–H groups in total. The van der Waals surface area contributed by atoms with E-state index in [-0.39, 0.29) is 26.1 Å². The number of carbonyl (C=O) groups excluding carboxylic acids is 2. The van der Waals surface area contributed by atoms with E-state index in [9.17, 15) is 40.7 Å². The number of nitrogens with one attached hydrogen (secondary N) is 3. The minimum atomic E-state index is -1.65. The third-order valence-corrected chi connectivity index (χ3v) is 10.9. The largest absolute Gasteiger partial charge is 0.445 e. The zero-order valence-electron chi connectivity index (χ0n) is 32.0. The van der Waals surface area contributed by atoms with Crippen LogP contribution in [0.15, 0.2) is 65.8 Å². The molecule has 324 valence electrons. The summed E-state index contributed by atoms with van der Waals surface area (Å²) in [5.41, 5.74) is 23.4. The van der Waals surface area contributed by atoms with Crippen molar-refractivity contribution in [2.75, 3.05) is 13.7 Å². The van der Waals surface area contributed by atoms with Gasteiger partial charge in [0.25, 0.3) is 0 Å². The van der Waals surface area contributed by atoms with Gasteiger partial charge in [-0.25, -0.2) is 9.59 Å². The van der Waals surface area contributed by atoms with Crippen LogP contribution in [0.1, 0.15) is 24.0 Å². The van der Waals surface area contributed by atoms with Crippen molar-refractivity contribution in [1.82, 2.24) is 16.0 Å². The van der Waals surface area contributed by atoms with Gasteiger partial charge in [-0.2, -0.15) is 0 Å². The van der Waals surface area contributed by atoms with Gasteiger partial charge >= 0.3 is 12.2 Å². The summed E-state index contributed by atoms with van der Waals surface area (Å²) in [7, 11) is 1.51. The van der Waals surface area contributed by atoms with Gasteiger partial charge in [0.1, 0.15) is 43.7 Å². The fourth-order valence-corrected chi connectivity index (χ4v) is 7.69. The molecule has 4 fully saturated rings. The van der Waals surface area contributed by atoms with Crippen LogP contribution in [0.5, 0.6) is 0 Å². The minimum Gasteiger partial charge on any atom is -0.445 e. The van der Waals surface area contributed by atoms with Crippen molar-refractivity contribution in [2.24, 2.45) is 16.6 Å². The Balaban J connectivity index is 1.18. The first-order valence-corrected chi connectivity index (χ1v) is 19.2. The Hall–Kier alpha value is -4.23. The molecule has 3 heterocycles. The predicted molar refractivity (Wildman–Crippen MR) is 201 cm³/mol. The number of rotatable bonds is 13. The second-order valence-electron chi connectivity index (χ2n) is 14.8. The second kappa shape index (κ2) is 20.4. The molecule has 8 unspecified atom stereocenters. The summed E-state index contributed by atoms with van der Waals surface area (Å²) in [5.74, 6) is 0. The van der Waals surface area contributed by atoms with Crippen LogP contribution in [0.4, 0.5) is 9.59 Å². The number of likely N-dealkylation sites (N-methyl/N-ethyl adjacent to an activating group) is 1. The quantitative estimate of drug-likeness (QED) is 0.0611. The molecule has 0 radical (unpaired) electrons. The van der Waals surface area contributed by atoms with E-state index in [1.807, 2.05) is 12.1 Å². The molecule has 2 amide bonds. The molecule has 2 aromatic rings. The molecule has 3 aliphatic heterocycles. The zero-order chi connectivity index (χ0) is 42.2. The van der Waals surface area contributed by atoms with E-state index >= 15 is 0 Å². The average Bonchev–Trinajstić information content (AvgIpc) is 3.23. The summed E-state index contributed by atoms with van der Waals surface area (Å²) in [5, 5.41) is 66.0. The molecule has 22 nitrogen and oxygen atoms in total. The van der Waals surface area contributed by atoms with E-state index in [4.69, 9.17) is 44.6 Å². The number of aliphatic hydroxyl groups is 5. The highest BCUT2D eigenvalue weighted by molar-refractivity contribution is 5.68. The van der Waals surface area contributed by atoms with Crippen LogP contribution in [0, 0.1) is 0 Å². The monoisotopic (exact) mass is 832 g/mol. The van der Waals surface area contributed by atoms with Gasteiger partial charge in [-0.1, -0.05) is 65.8 Å². The fourth-order valence-electron chi connectivity index (χ4n) is 7.69. The molecule has 59 heavy (non-hydrogen) atoms. The normalized spacial score (nSPS) is 38.2. The Morgan fingerprint density at radius 1 is 0.797 bits per heavy atom. The van der Waals surface area contributed by atoms with Crippen LogP contribution >= 0.6 is 0 Å². The van der Waals surface area contributed by atoms with Gasteiger partial charge in [-0.05, 0) is 30.1 Å². The minimum absolute atomic E-state index is 0.0361. The van der Waals surface area contributed by atoms with E-state index in [0.29, 0.717) is 5.56 Å². The van der Waals surface area contributed by atoms with Crippen molar-refractivity contribution in [3.63, 3.8) is 0 Å². The Morgan fingerprint density at radius 3 is 1.98 bits per heavy atom. The van der Waals surface area contributed by atoms with E-state index in [0.717, 1.165) is 5.56 Å². The molecule has 0 spiro atoms. The standard InChI is InChI=1S/C37H52N8O14/c1-41-26-29(49)32-22(55-34(26)59-35-30(50)28(48)24(39)23(14-46)56-35)13-21(43-37(52)54-16-18-10-6-3-7-11-18)33(58-32)57-31-19(38)12-20(27(47)25(31)44-45-40)42-36(51)53-15-17-8-4-2-5-9-17/h2-11,19-35,41,46-50H,12-16,38-39H2,1H3,(H,42,51)(H,43,52)/t19?,20-,21+,22+,23?,24-,25?,26?,27-,28+,29?,30?,31-,32?,33+,34?,35-/m1/s1. The molecule has 6 rings (SSSR count). The molecule has 3 saturated heterocycles. The topological polar surface area (TPSA) is 337 Å². The average molecular weight is 833 g/mol. The lowest BCUT2D eigenvalue weighted by Crippen LogP contribution is -2.70. The van der Waals surface area contributed by atoms with Crippen LogP contribution < -0.4 is 27.4 Å². The summed E-state index contributed by atoms with van der Waals surface area (Å²) < 4.78 is 41.3. The van der Waals surface area contributed by atoms with Crippen LogP contribution in [0.3, 0.4) is 0 Å². The number of alkyl carbamates (subject to hydrolysis) is 2. The van der Waals surface area contributed by atoms with Gasteiger partial charge in [0.2, 0.25) is 0 Å². The number of hydrogen-bond acceptors (Lipinski definition) is 18. The van der Waals surface area contributed by atoms with Crippen LogP contribution in [0.25, 0.3) is 10.4 Å². The third-order valence-electron chi connectivity index (χ3n) is 10.9. The SMILES string of the molecule is CNC1C(O[C@H]2OC(CO)[C@@H](N)[C@H](O)C2O)O[C@H]2C[C@H](NC(=O)OCc3ccccc3)[C@@H](O[C@@H]3C(N)C[C@@H](NC(=O)OCc4ccccc4)[C@@H](O)C3N=[N+]=[N-])OC2C1O. The van der Waals surface area contributed by atoms with Crippen molar-refractivity contribution in [3.8, 4) is 0 Å². The molecular formula is C37H52N8O14. The van der Waals surface area contributed by atoms with Crippen molar-refractivity contribution < 1.29 is 68.3 Å². The van der Waals surface area contributed by atoms with Crippen molar-refractivity contribution in [1.29, 1.82) is 0 Å². The number of nitrogens with zero attached hydrogens (tertiary/aromatic N) is 3. The molecule has 0 bridgehead atoms. The molecule has 0 aromatic heterocycles. The first kappa shape index (κ1) is 44.3. The van der Waals surface area contributed by atoms with Gasteiger partial charge in [-0.3, -0.25) is 0 Å². The lowest BCUT2D eigenvalue weighted by Gasteiger charge is -2.52. The highest BCUT2D eigenvalue weighted by Gasteiger charge is 2.55. The Bertz CT molecular complexity index is 1720. The lowest BCUT2D eigenvalue weighted by atomic mass is 9.82. The van der Waals surface area contributed by atoms with Crippen LogP contribution in [-0.4, -0.2) is 155 Å². The Labute approximate surface area is 338 Å². The summed E-state index contributed by atoms with van der Waals surface area (Å²) in [6.07, 6.45) is -16.8. The van der Waals surface area contributed by atoms with Crippen molar-refractivity contribution in [2.45, 2.75) is 130 Å². The van der Waals surface area contributed by atoms with Crippen LogP contribution in [0.2, 0.25) is 0 Å². The van der Waals surface area contributed by atoms with Gasteiger partial charge in [0.15, 0.2) is 18.9 Å². The maximum absolute atomic E-state index is 13.2. The predicted octanol–water partition coefficient (Wildman–Crippen LogP) is -1.70. The zero-order valence-corrected chi connectivity index (χ0v) is 32.0. The fraction of sp³-hybridized carbons (Fsp3) is 0.622. The van der Waals surface area contributed by atoms with E-state index in [1.54, 1.807) is 48.5 Å². The second-order valence-corrected chi connectivity index (χ2v) is 14.8. The number of ether oxygens (including phenoxy) is 7. The number of amides is 2. The summed E-state index contributed by atoms with van der Waals surface area (Å²) in [4.78, 5) is 28.9. The smallest absolute Gasteiger partial charge is 0.407 e. The highest BCUT2D eigenvalue weighted by Crippen LogP contribution is 2.37. The summed E-state index contributed by atoms with van der Waals surface area (Å²) >= 11 is 0. The Morgan fingerprint density at radius 2 is 1.41 bits per heavy atom. The van der Waals surface area contributed by atoms with E-state index in [1.165, 1.54) is 7.05 Å². The number of fused-ring (bicyclic) bond motifs is 1.